The van der Waals surface area contributed by atoms with E-state index in [1.165, 1.54) is 16.7 Å². The van der Waals surface area contributed by atoms with Crippen molar-refractivity contribution >= 4 is 16.5 Å². The number of rotatable bonds is 2. The lowest BCUT2D eigenvalue weighted by molar-refractivity contribution is 0.974. The number of allylic oxidation sites excluding steroid dienone is 6. The van der Waals surface area contributed by atoms with Gasteiger partial charge >= 0.3 is 0 Å². The van der Waals surface area contributed by atoms with Crippen LogP contribution in [0.2, 0.25) is 0 Å². The van der Waals surface area contributed by atoms with Gasteiger partial charge in [0.1, 0.15) is 0 Å². The highest BCUT2D eigenvalue weighted by Gasteiger charge is 2.17. The molecule has 1 aliphatic rings. The molecule has 0 atom stereocenters. The van der Waals surface area contributed by atoms with E-state index >= 15 is 0 Å². The third-order valence-electron chi connectivity index (χ3n) is 4.70. The summed E-state index contributed by atoms with van der Waals surface area (Å²) in [6.45, 7) is 4.26. The molecule has 0 unspecified atom stereocenters. The standard InChI is InChI=1S/C22H21N3/c1-15-7-5-9-17(10-6-8-15)22-21(16(2)24-25-22)19-13-14-23-20-12-4-3-11-18(19)20/h3-5,7,9-14H,6,8H2,1-2H3,(H,24,25)/b9-5-,15-7-,17-10+. The lowest BCUT2D eigenvalue weighted by Gasteiger charge is -2.10. The molecule has 1 aromatic carbocycles. The SMILES string of the molecule is C/C1=C/C=C\C(c2n[nH]c(C)c2-c2ccnc3ccccc23)=C/CC1. The second kappa shape index (κ2) is 6.52. The Kier molecular flexibility index (Phi) is 4.06. The topological polar surface area (TPSA) is 41.6 Å². The molecule has 25 heavy (non-hydrogen) atoms. The first-order valence-corrected chi connectivity index (χ1v) is 8.67. The summed E-state index contributed by atoms with van der Waals surface area (Å²) >= 11 is 0. The molecular weight excluding hydrogens is 306 g/mol. The normalized spacial score (nSPS) is 20.2. The molecule has 3 nitrogen and oxygen atoms in total. The van der Waals surface area contributed by atoms with Crippen molar-refractivity contribution in [2.24, 2.45) is 0 Å². The Labute approximate surface area is 147 Å². The van der Waals surface area contributed by atoms with Gasteiger partial charge in [0, 0.05) is 22.8 Å². The fourth-order valence-corrected chi connectivity index (χ4v) is 3.38. The van der Waals surface area contributed by atoms with Gasteiger partial charge in [-0.25, -0.2) is 0 Å². The summed E-state index contributed by atoms with van der Waals surface area (Å²) in [5, 5.41) is 8.96. The second-order valence-electron chi connectivity index (χ2n) is 6.52. The number of para-hydroxylation sites is 1. The number of hydrogen-bond acceptors (Lipinski definition) is 2. The van der Waals surface area contributed by atoms with Crippen molar-refractivity contribution in [3.05, 3.63) is 77.8 Å². The molecule has 0 saturated carbocycles. The lowest BCUT2D eigenvalue weighted by atomic mass is 9.95. The molecule has 3 aromatic rings. The Morgan fingerprint density at radius 2 is 1.96 bits per heavy atom. The molecular formula is C22H21N3. The quantitative estimate of drug-likeness (QED) is 0.664. The maximum atomic E-state index is 4.63. The molecule has 3 heteroatoms. The molecule has 2 heterocycles. The molecule has 0 bridgehead atoms. The summed E-state index contributed by atoms with van der Waals surface area (Å²) < 4.78 is 0. The number of H-pyrrole nitrogens is 1. The van der Waals surface area contributed by atoms with Crippen LogP contribution in [0.3, 0.4) is 0 Å². The van der Waals surface area contributed by atoms with E-state index in [-0.39, 0.29) is 0 Å². The van der Waals surface area contributed by atoms with Crippen LogP contribution in [-0.4, -0.2) is 15.2 Å². The van der Waals surface area contributed by atoms with Crippen LogP contribution >= 0.6 is 0 Å². The highest BCUT2D eigenvalue weighted by atomic mass is 15.1. The van der Waals surface area contributed by atoms with Gasteiger partial charge in [0.25, 0.3) is 0 Å². The van der Waals surface area contributed by atoms with E-state index in [9.17, 15) is 0 Å². The van der Waals surface area contributed by atoms with Crippen molar-refractivity contribution < 1.29 is 0 Å². The lowest BCUT2D eigenvalue weighted by Crippen LogP contribution is -1.91. The van der Waals surface area contributed by atoms with E-state index in [2.05, 4.69) is 77.6 Å². The number of aryl methyl sites for hydroxylation is 1. The fourth-order valence-electron chi connectivity index (χ4n) is 3.38. The Balaban J connectivity index is 1.90. The first-order chi connectivity index (χ1) is 12.2. The van der Waals surface area contributed by atoms with Crippen LogP contribution in [0.4, 0.5) is 0 Å². The van der Waals surface area contributed by atoms with Crippen LogP contribution < -0.4 is 0 Å². The largest absolute Gasteiger partial charge is 0.282 e. The summed E-state index contributed by atoms with van der Waals surface area (Å²) in [5.41, 5.74) is 8.01. The number of fused-ring (bicyclic) bond motifs is 1. The number of pyridine rings is 1. The molecule has 0 aliphatic heterocycles. The zero-order chi connectivity index (χ0) is 17.2. The van der Waals surface area contributed by atoms with Crippen molar-refractivity contribution in [1.82, 2.24) is 15.2 Å². The predicted molar refractivity (Wildman–Crippen MR) is 104 cm³/mol. The van der Waals surface area contributed by atoms with E-state index < -0.39 is 0 Å². The van der Waals surface area contributed by atoms with Crippen LogP contribution in [-0.2, 0) is 0 Å². The van der Waals surface area contributed by atoms with Gasteiger partial charge in [-0.05, 0) is 50.0 Å². The van der Waals surface area contributed by atoms with E-state index in [1.807, 2.05) is 12.3 Å². The van der Waals surface area contributed by atoms with E-state index in [0.717, 1.165) is 40.7 Å². The number of aromatic amines is 1. The van der Waals surface area contributed by atoms with Crippen molar-refractivity contribution in [3.63, 3.8) is 0 Å². The maximum absolute atomic E-state index is 4.63. The monoisotopic (exact) mass is 327 g/mol. The van der Waals surface area contributed by atoms with Gasteiger partial charge < -0.3 is 0 Å². The van der Waals surface area contributed by atoms with Gasteiger partial charge in [0.2, 0.25) is 0 Å². The highest BCUT2D eigenvalue weighted by Crippen LogP contribution is 2.35. The van der Waals surface area contributed by atoms with Gasteiger partial charge in [-0.3, -0.25) is 10.1 Å². The van der Waals surface area contributed by atoms with Crippen LogP contribution in [0.15, 0.2) is 66.4 Å². The minimum Gasteiger partial charge on any atom is -0.282 e. The van der Waals surface area contributed by atoms with Crippen molar-refractivity contribution in [2.45, 2.75) is 26.7 Å². The predicted octanol–water partition coefficient (Wildman–Crippen LogP) is 5.61. The van der Waals surface area contributed by atoms with Crippen molar-refractivity contribution in [3.8, 4) is 11.1 Å². The third kappa shape index (κ3) is 2.93. The summed E-state index contributed by atoms with van der Waals surface area (Å²) in [5.74, 6) is 0. The van der Waals surface area contributed by atoms with E-state index in [4.69, 9.17) is 0 Å². The fraction of sp³-hybridized carbons (Fsp3) is 0.182. The Hall–Kier alpha value is -2.94. The smallest absolute Gasteiger partial charge is 0.0998 e. The van der Waals surface area contributed by atoms with Gasteiger partial charge in [0.05, 0.1) is 11.2 Å². The molecule has 1 N–H and O–H groups in total. The Morgan fingerprint density at radius 3 is 2.88 bits per heavy atom. The first kappa shape index (κ1) is 15.6. The molecule has 0 fully saturated rings. The highest BCUT2D eigenvalue weighted by molar-refractivity contribution is 5.98. The van der Waals surface area contributed by atoms with Crippen molar-refractivity contribution in [1.29, 1.82) is 0 Å². The molecule has 0 amide bonds. The number of hydrogen-bond donors (Lipinski definition) is 1. The van der Waals surface area contributed by atoms with E-state index in [1.54, 1.807) is 0 Å². The average molecular weight is 327 g/mol. The molecule has 0 spiro atoms. The first-order valence-electron chi connectivity index (χ1n) is 8.67. The molecule has 0 saturated heterocycles. The molecule has 124 valence electrons. The van der Waals surface area contributed by atoms with Crippen LogP contribution in [0, 0.1) is 6.92 Å². The second-order valence-corrected chi connectivity index (χ2v) is 6.52. The van der Waals surface area contributed by atoms with E-state index in [0.29, 0.717) is 0 Å². The third-order valence-corrected chi connectivity index (χ3v) is 4.70. The van der Waals surface area contributed by atoms with Gasteiger partial charge in [-0.2, -0.15) is 5.10 Å². The summed E-state index contributed by atoms with van der Waals surface area (Å²) in [6, 6.07) is 10.3. The zero-order valence-corrected chi connectivity index (χ0v) is 14.6. The molecule has 0 radical (unpaired) electrons. The minimum atomic E-state index is 1.01. The van der Waals surface area contributed by atoms with Crippen LogP contribution in [0.25, 0.3) is 27.6 Å². The van der Waals surface area contributed by atoms with Gasteiger partial charge in [0.15, 0.2) is 0 Å². The Bertz CT molecular complexity index is 1010. The number of nitrogens with one attached hydrogen (secondary N) is 1. The number of aromatic nitrogens is 3. The minimum absolute atomic E-state index is 1.01. The van der Waals surface area contributed by atoms with Gasteiger partial charge in [-0.1, -0.05) is 48.1 Å². The zero-order valence-electron chi connectivity index (χ0n) is 14.6. The van der Waals surface area contributed by atoms with Crippen LogP contribution in [0.1, 0.15) is 31.2 Å². The summed E-state index contributed by atoms with van der Waals surface area (Å²) in [4.78, 5) is 4.49. The molecule has 2 aromatic heterocycles. The molecule has 1 aliphatic carbocycles. The number of benzene rings is 1. The number of nitrogens with zero attached hydrogens (tertiary/aromatic N) is 2. The Morgan fingerprint density at radius 1 is 1.08 bits per heavy atom. The summed E-state index contributed by atoms with van der Waals surface area (Å²) in [6.07, 6.45) is 12.8. The molecule has 4 rings (SSSR count). The van der Waals surface area contributed by atoms with Gasteiger partial charge in [-0.15, -0.1) is 0 Å². The maximum Gasteiger partial charge on any atom is 0.0998 e. The summed E-state index contributed by atoms with van der Waals surface area (Å²) in [7, 11) is 0. The average Bonchev–Trinajstić information content (AvgIpc) is 2.99. The van der Waals surface area contributed by atoms with Crippen molar-refractivity contribution in [2.75, 3.05) is 0 Å². The van der Waals surface area contributed by atoms with Crippen LogP contribution in [0.5, 0.6) is 0 Å².